The molecular weight excluding hydrogens is 488 g/mol. The minimum atomic E-state index is -0.388. The summed E-state index contributed by atoms with van der Waals surface area (Å²) < 4.78 is 16.3. The third kappa shape index (κ3) is 5.35. The molecule has 0 radical (unpaired) electrons. The Morgan fingerprint density at radius 3 is 2.57 bits per heavy atom. The number of halogens is 1. The Balaban J connectivity index is 1.70. The number of methoxy groups -OCH3 is 1. The third-order valence-corrected chi connectivity index (χ3v) is 8.06. The maximum Gasteiger partial charge on any atom is 0.235 e. The fourth-order valence-corrected chi connectivity index (χ4v) is 5.33. The van der Waals surface area contributed by atoms with E-state index in [-0.39, 0.29) is 27.9 Å². The summed E-state index contributed by atoms with van der Waals surface area (Å²) in [7, 11) is 1.19. The lowest BCUT2D eigenvalue weighted by Crippen LogP contribution is -2.19. The van der Waals surface area contributed by atoms with Gasteiger partial charge in [0.15, 0.2) is 11.6 Å². The van der Waals surface area contributed by atoms with Gasteiger partial charge in [0.25, 0.3) is 0 Å². The van der Waals surface area contributed by atoms with Crippen molar-refractivity contribution in [3.05, 3.63) is 59.5 Å². The molecule has 4 aromatic heterocycles. The first kappa shape index (κ1) is 24.8. The van der Waals surface area contributed by atoms with Crippen molar-refractivity contribution in [3.63, 3.8) is 0 Å². The summed E-state index contributed by atoms with van der Waals surface area (Å²) in [5.41, 5.74) is 0.632. The molecule has 0 aliphatic carbocycles. The number of hydrogen-bond donors (Lipinski definition) is 1. The maximum atomic E-state index is 5.97. The van der Waals surface area contributed by atoms with Crippen LogP contribution >= 0.6 is 22.3 Å². The molecule has 0 spiro atoms. The van der Waals surface area contributed by atoms with Crippen LogP contribution in [0.25, 0.3) is 11.5 Å². The van der Waals surface area contributed by atoms with Gasteiger partial charge in [-0.05, 0) is 25.3 Å². The largest absolute Gasteiger partial charge is 0.481 e. The van der Waals surface area contributed by atoms with Gasteiger partial charge in [-0.1, -0.05) is 47.3 Å². The predicted octanol–water partition coefficient (Wildman–Crippen LogP) is 5.00. The molecular formula is C23H27ClN8O2S. The molecule has 12 heteroatoms. The summed E-state index contributed by atoms with van der Waals surface area (Å²) >= 11 is 5.97. The average Bonchev–Trinajstić information content (AvgIpc) is 3.57. The van der Waals surface area contributed by atoms with Gasteiger partial charge in [-0.3, -0.25) is 4.57 Å². The van der Waals surface area contributed by atoms with E-state index in [1.54, 1.807) is 31.8 Å². The Morgan fingerprint density at radius 2 is 1.91 bits per heavy atom. The lowest BCUT2D eigenvalue weighted by molar-refractivity contribution is 0.354. The van der Waals surface area contributed by atoms with Crippen molar-refractivity contribution in [1.82, 2.24) is 34.9 Å². The quantitative estimate of drug-likeness (QED) is 0.308. The van der Waals surface area contributed by atoms with Crippen LogP contribution in [0.2, 0.25) is 5.02 Å². The van der Waals surface area contributed by atoms with E-state index in [2.05, 4.69) is 54.2 Å². The van der Waals surface area contributed by atoms with E-state index in [1.807, 2.05) is 36.6 Å². The van der Waals surface area contributed by atoms with Crippen LogP contribution in [0.4, 0.5) is 5.95 Å². The highest BCUT2D eigenvalue weighted by molar-refractivity contribution is 8.16. The van der Waals surface area contributed by atoms with Crippen LogP contribution in [0.5, 0.6) is 5.88 Å². The van der Waals surface area contributed by atoms with Crippen molar-refractivity contribution in [3.8, 4) is 17.4 Å². The highest BCUT2D eigenvalue weighted by Crippen LogP contribution is 2.35. The zero-order valence-electron chi connectivity index (χ0n) is 20.1. The summed E-state index contributed by atoms with van der Waals surface area (Å²) in [5, 5.41) is 15.6. The highest BCUT2D eigenvalue weighted by Gasteiger charge is 2.26. The molecule has 184 valence electrons. The molecule has 0 saturated heterocycles. The van der Waals surface area contributed by atoms with Gasteiger partial charge in [-0.15, -0.1) is 10.2 Å². The minimum absolute atomic E-state index is 0.0712. The molecule has 4 atom stereocenters. The number of nitrogens with one attached hydrogen (secondary N) is 1. The molecule has 0 aliphatic heterocycles. The molecule has 35 heavy (non-hydrogen) atoms. The van der Waals surface area contributed by atoms with E-state index in [9.17, 15) is 0 Å². The Kier molecular flexibility index (Phi) is 7.76. The molecule has 0 aliphatic rings. The topological polar surface area (TPSA) is 117 Å². The Labute approximate surface area is 211 Å². The molecule has 1 N–H and O–H groups in total. The zero-order valence-corrected chi connectivity index (χ0v) is 21.7. The number of aromatic nitrogens is 7. The second-order valence-corrected chi connectivity index (χ2v) is 10.4. The fraction of sp³-hybridized carbons (Fsp3) is 0.348. The molecule has 10 nitrogen and oxygen atoms in total. The van der Waals surface area contributed by atoms with Crippen LogP contribution in [-0.2, 0) is 0 Å². The van der Waals surface area contributed by atoms with Crippen LogP contribution in [0, 0.1) is 0 Å². The smallest absolute Gasteiger partial charge is 0.235 e. The Hall–Kier alpha value is -3.31. The first-order chi connectivity index (χ1) is 16.9. The molecule has 4 aromatic rings. The van der Waals surface area contributed by atoms with E-state index in [0.717, 1.165) is 5.82 Å². The van der Waals surface area contributed by atoms with Crippen molar-refractivity contribution in [2.24, 2.45) is 0 Å². The number of rotatable bonds is 9. The first-order valence-corrected chi connectivity index (χ1v) is 12.8. The highest BCUT2D eigenvalue weighted by atomic mass is 35.5. The summed E-state index contributed by atoms with van der Waals surface area (Å²) in [5.74, 6) is 3.14. The summed E-state index contributed by atoms with van der Waals surface area (Å²) in [4.78, 5) is 13.4. The number of pyridine rings is 1. The van der Waals surface area contributed by atoms with Crippen molar-refractivity contribution in [2.45, 2.75) is 44.9 Å². The Bertz CT molecular complexity index is 1290. The van der Waals surface area contributed by atoms with Gasteiger partial charge >= 0.3 is 0 Å². The molecule has 0 amide bonds. The predicted molar refractivity (Wildman–Crippen MR) is 138 cm³/mol. The van der Waals surface area contributed by atoms with Gasteiger partial charge in [0.1, 0.15) is 11.5 Å². The molecule has 0 saturated carbocycles. The second-order valence-electron chi connectivity index (χ2n) is 7.84. The van der Waals surface area contributed by atoms with Gasteiger partial charge < -0.3 is 14.0 Å². The van der Waals surface area contributed by atoms with Crippen LogP contribution in [0.1, 0.15) is 51.2 Å². The molecule has 4 rings (SSSR count). The number of anilines is 1. The van der Waals surface area contributed by atoms with Gasteiger partial charge in [-0.25, -0.2) is 15.0 Å². The monoisotopic (exact) mass is 514 g/mol. The van der Waals surface area contributed by atoms with E-state index in [0.29, 0.717) is 34.1 Å². The van der Waals surface area contributed by atoms with Crippen LogP contribution in [0.15, 0.2) is 47.4 Å². The molecule has 0 bridgehead atoms. The van der Waals surface area contributed by atoms with E-state index >= 15 is 0 Å². The van der Waals surface area contributed by atoms with Gasteiger partial charge in [0, 0.05) is 35.7 Å². The number of nitrogens with zero attached hydrogens (tertiary/aromatic N) is 7. The van der Waals surface area contributed by atoms with Crippen molar-refractivity contribution >= 4 is 33.6 Å². The van der Waals surface area contributed by atoms with E-state index < -0.39 is 0 Å². The first-order valence-electron chi connectivity index (χ1n) is 11.0. The summed E-state index contributed by atoms with van der Waals surface area (Å²) in [6.07, 6.45) is 4.86. The standard InChI is InChI=1S/C23H27ClN8O2S/c1-6-35(16(4)14(2)21-25-12-17(24)13-26-21)31-23-30-29-22(18-8-7-9-20(28-18)33-5)32(23)15(3)19-10-11-27-34-19/h6-16H,1-5H3,(H,30,31)/t14-,15-,16-,35?/m0/s1. The van der Waals surface area contributed by atoms with Crippen LogP contribution in [0.3, 0.4) is 0 Å². The lowest BCUT2D eigenvalue weighted by Gasteiger charge is -2.25. The average molecular weight is 515 g/mol. The minimum Gasteiger partial charge on any atom is -0.481 e. The van der Waals surface area contributed by atoms with Gasteiger partial charge in [-0.2, -0.15) is 0 Å². The molecule has 0 aromatic carbocycles. The van der Waals surface area contributed by atoms with Gasteiger partial charge in [0.2, 0.25) is 11.8 Å². The molecule has 1 unspecified atom stereocenters. The summed E-state index contributed by atoms with van der Waals surface area (Å²) in [6.45, 7) is 8.28. The fourth-order valence-electron chi connectivity index (χ4n) is 3.58. The number of ether oxygens (including phenoxy) is 1. The van der Waals surface area contributed by atoms with Crippen molar-refractivity contribution < 1.29 is 9.26 Å². The van der Waals surface area contributed by atoms with Crippen molar-refractivity contribution in [1.29, 1.82) is 0 Å². The summed E-state index contributed by atoms with van der Waals surface area (Å²) in [6, 6.07) is 7.11. The van der Waals surface area contributed by atoms with Crippen LogP contribution < -0.4 is 9.46 Å². The zero-order chi connectivity index (χ0) is 24.9. The molecule has 0 fully saturated rings. The van der Waals surface area contributed by atoms with E-state index in [1.165, 1.54) is 0 Å². The SMILES string of the molecule is CC=S(Nc1nnc(-c2cccc(OC)n2)n1[C@@H](C)c1ccno1)[C@@H](C)[C@H](C)c1ncc(Cl)cn1. The van der Waals surface area contributed by atoms with Gasteiger partial charge in [0.05, 0.1) is 24.4 Å². The Morgan fingerprint density at radius 1 is 1.14 bits per heavy atom. The van der Waals surface area contributed by atoms with Crippen LogP contribution in [-0.4, -0.2) is 52.6 Å². The van der Waals surface area contributed by atoms with E-state index in [4.69, 9.17) is 20.9 Å². The lowest BCUT2D eigenvalue weighted by atomic mass is 10.1. The third-order valence-electron chi connectivity index (χ3n) is 5.73. The maximum absolute atomic E-state index is 5.97. The van der Waals surface area contributed by atoms with Crippen molar-refractivity contribution in [2.75, 3.05) is 11.8 Å². The molecule has 4 heterocycles. The second kappa shape index (κ2) is 11.0. The normalized spacial score (nSPS) is 14.9. The number of hydrogen-bond acceptors (Lipinski definition) is 9.